The summed E-state index contributed by atoms with van der Waals surface area (Å²) in [6.45, 7) is 6.60. The van der Waals surface area contributed by atoms with Crippen molar-refractivity contribution < 1.29 is 4.39 Å². The molecule has 2 nitrogen and oxygen atoms in total. The van der Waals surface area contributed by atoms with Crippen LogP contribution in [0.15, 0.2) is 30.6 Å². The third kappa shape index (κ3) is 1.27. The average Bonchev–Trinajstić information content (AvgIpc) is 2.59. The van der Waals surface area contributed by atoms with E-state index >= 15 is 0 Å². The number of benzene rings is 1. The summed E-state index contributed by atoms with van der Waals surface area (Å²) >= 11 is 0. The zero-order chi connectivity index (χ0) is 9.97. The maximum atomic E-state index is 13.4. The molecule has 2 aromatic rings. The largest absolute Gasteiger partial charge is 0.361 e. The second-order valence-electron chi connectivity index (χ2n) is 2.85. The van der Waals surface area contributed by atoms with Gasteiger partial charge < -0.3 is 4.98 Å². The van der Waals surface area contributed by atoms with Crippen LogP contribution < -0.4 is 0 Å². The van der Waals surface area contributed by atoms with Gasteiger partial charge >= 0.3 is 0 Å². The van der Waals surface area contributed by atoms with E-state index in [1.165, 1.54) is 12.3 Å². The zero-order valence-electron chi connectivity index (χ0n) is 7.29. The van der Waals surface area contributed by atoms with E-state index in [4.69, 9.17) is 6.57 Å². The van der Waals surface area contributed by atoms with Gasteiger partial charge in [-0.2, -0.15) is 0 Å². The molecule has 2 rings (SSSR count). The lowest BCUT2D eigenvalue weighted by Crippen LogP contribution is -1.76. The summed E-state index contributed by atoms with van der Waals surface area (Å²) in [5, 5.41) is 0.535. The Balaban J connectivity index is 2.68. The van der Waals surface area contributed by atoms with Gasteiger partial charge in [-0.15, -0.1) is 0 Å². The number of nitrogens with zero attached hydrogens (tertiary/aromatic N) is 1. The SMILES string of the molecule is [C-]#[N+]/C=C\c1c[nH]c2cccc(F)c12. The molecule has 0 bridgehead atoms. The molecule has 0 aliphatic carbocycles. The smallest absolute Gasteiger partial charge is 0.154 e. The lowest BCUT2D eigenvalue weighted by atomic mass is 10.1. The van der Waals surface area contributed by atoms with Crippen molar-refractivity contribution in [3.63, 3.8) is 0 Å². The van der Waals surface area contributed by atoms with Crippen molar-refractivity contribution in [2.75, 3.05) is 0 Å². The highest BCUT2D eigenvalue weighted by atomic mass is 19.1. The molecule has 0 unspecified atom stereocenters. The number of aromatic amines is 1. The Bertz CT molecular complexity index is 532. The van der Waals surface area contributed by atoms with Crippen molar-refractivity contribution in [1.82, 2.24) is 4.98 Å². The van der Waals surface area contributed by atoms with Crippen LogP contribution in [0.1, 0.15) is 5.56 Å². The van der Waals surface area contributed by atoms with Crippen molar-refractivity contribution in [2.24, 2.45) is 0 Å². The normalized spacial score (nSPS) is 10.9. The third-order valence-electron chi connectivity index (χ3n) is 2.01. The number of halogens is 1. The molecular weight excluding hydrogens is 179 g/mol. The fraction of sp³-hybridized carbons (Fsp3) is 0. The second-order valence-corrected chi connectivity index (χ2v) is 2.85. The Morgan fingerprint density at radius 1 is 1.43 bits per heavy atom. The van der Waals surface area contributed by atoms with Crippen molar-refractivity contribution in [2.45, 2.75) is 0 Å². The van der Waals surface area contributed by atoms with Crippen LogP contribution in [0.2, 0.25) is 0 Å². The monoisotopic (exact) mass is 186 g/mol. The first-order valence-electron chi connectivity index (χ1n) is 4.11. The molecule has 1 aromatic carbocycles. The summed E-state index contributed by atoms with van der Waals surface area (Å²) in [6, 6.07) is 4.86. The van der Waals surface area contributed by atoms with Gasteiger partial charge in [-0.1, -0.05) is 12.1 Å². The topological polar surface area (TPSA) is 20.1 Å². The Hall–Kier alpha value is -2.08. The molecule has 68 valence electrons. The molecule has 0 aliphatic heterocycles. The second kappa shape index (κ2) is 3.35. The molecule has 14 heavy (non-hydrogen) atoms. The number of H-pyrrole nitrogens is 1. The maximum absolute atomic E-state index is 13.4. The first kappa shape index (κ1) is 8.52. The summed E-state index contributed by atoms with van der Waals surface area (Å²) in [5.74, 6) is -0.270. The molecule has 1 heterocycles. The lowest BCUT2D eigenvalue weighted by molar-refractivity contribution is 0.640. The van der Waals surface area contributed by atoms with E-state index in [1.807, 2.05) is 0 Å². The zero-order valence-corrected chi connectivity index (χ0v) is 7.29. The quantitative estimate of drug-likeness (QED) is 0.660. The minimum atomic E-state index is -0.270. The van der Waals surface area contributed by atoms with Gasteiger partial charge in [0.15, 0.2) is 6.20 Å². The van der Waals surface area contributed by atoms with Crippen LogP contribution >= 0.6 is 0 Å². The van der Waals surface area contributed by atoms with Gasteiger partial charge in [0.2, 0.25) is 0 Å². The summed E-state index contributed by atoms with van der Waals surface area (Å²) in [4.78, 5) is 6.02. The van der Waals surface area contributed by atoms with E-state index in [1.54, 1.807) is 24.4 Å². The van der Waals surface area contributed by atoms with Gasteiger partial charge in [-0.05, 0) is 17.7 Å². The van der Waals surface area contributed by atoms with E-state index in [9.17, 15) is 4.39 Å². The van der Waals surface area contributed by atoms with E-state index in [0.717, 1.165) is 5.52 Å². The molecule has 1 aromatic heterocycles. The molecular formula is C11H7FN2. The summed E-state index contributed by atoms with van der Waals surface area (Å²) in [6.07, 6.45) is 4.60. The Labute approximate surface area is 80.5 Å². The van der Waals surface area contributed by atoms with Gasteiger partial charge in [-0.3, -0.25) is 0 Å². The molecule has 0 saturated carbocycles. The summed E-state index contributed by atoms with van der Waals surface area (Å²) in [5.41, 5.74) is 1.45. The lowest BCUT2D eigenvalue weighted by Gasteiger charge is -1.93. The molecule has 0 atom stereocenters. The molecule has 0 saturated heterocycles. The van der Waals surface area contributed by atoms with Crippen molar-refractivity contribution >= 4 is 17.0 Å². The van der Waals surface area contributed by atoms with Gasteiger partial charge in [0.05, 0.1) is 6.57 Å². The van der Waals surface area contributed by atoms with Crippen molar-refractivity contribution in [1.29, 1.82) is 0 Å². The fourth-order valence-corrected chi connectivity index (χ4v) is 1.41. The number of nitrogens with one attached hydrogen (secondary N) is 1. The highest BCUT2D eigenvalue weighted by molar-refractivity contribution is 5.89. The van der Waals surface area contributed by atoms with Gasteiger partial charge in [0.25, 0.3) is 0 Å². The minimum Gasteiger partial charge on any atom is -0.361 e. The molecule has 0 aliphatic rings. The van der Waals surface area contributed by atoms with Crippen LogP contribution in [0.3, 0.4) is 0 Å². The molecule has 0 amide bonds. The number of hydrogen-bond acceptors (Lipinski definition) is 0. The van der Waals surface area contributed by atoms with Crippen LogP contribution in [-0.4, -0.2) is 4.98 Å². The number of aromatic nitrogens is 1. The summed E-state index contributed by atoms with van der Waals surface area (Å²) < 4.78 is 13.4. The van der Waals surface area contributed by atoms with E-state index < -0.39 is 0 Å². The van der Waals surface area contributed by atoms with Gasteiger partial charge in [0.1, 0.15) is 5.82 Å². The molecule has 0 fully saturated rings. The van der Waals surface area contributed by atoms with Crippen LogP contribution in [-0.2, 0) is 0 Å². The van der Waals surface area contributed by atoms with Gasteiger partial charge in [-0.25, -0.2) is 9.24 Å². The minimum absolute atomic E-state index is 0.270. The van der Waals surface area contributed by atoms with Crippen molar-refractivity contribution in [3.8, 4) is 0 Å². The predicted molar refractivity (Wildman–Crippen MR) is 53.9 cm³/mol. The summed E-state index contributed by atoms with van der Waals surface area (Å²) in [7, 11) is 0. The molecule has 0 radical (unpaired) electrons. The predicted octanol–water partition coefficient (Wildman–Crippen LogP) is 3.20. The highest BCUT2D eigenvalue weighted by Gasteiger charge is 2.04. The molecule has 0 spiro atoms. The fourth-order valence-electron chi connectivity index (χ4n) is 1.41. The Morgan fingerprint density at radius 3 is 3.07 bits per heavy atom. The number of fused-ring (bicyclic) bond motifs is 1. The Morgan fingerprint density at radius 2 is 2.29 bits per heavy atom. The first-order valence-corrected chi connectivity index (χ1v) is 4.11. The maximum Gasteiger partial charge on any atom is 0.154 e. The number of rotatable bonds is 1. The molecule has 1 N–H and O–H groups in total. The molecule has 3 heteroatoms. The van der Waals surface area contributed by atoms with Crippen LogP contribution in [0.4, 0.5) is 4.39 Å². The van der Waals surface area contributed by atoms with E-state index in [2.05, 4.69) is 9.83 Å². The average molecular weight is 186 g/mol. The Kier molecular flexibility index (Phi) is 2.04. The first-order chi connectivity index (χ1) is 6.83. The standard InChI is InChI=1S/C11H7FN2/c1-13-6-5-8-7-14-10-4-2-3-9(12)11(8)10/h2-7,14H/b6-5-. The van der Waals surface area contributed by atoms with Gasteiger partial charge in [0, 0.05) is 17.1 Å². The van der Waals surface area contributed by atoms with E-state index in [0.29, 0.717) is 10.9 Å². The van der Waals surface area contributed by atoms with Crippen LogP contribution in [0.25, 0.3) is 21.8 Å². The van der Waals surface area contributed by atoms with Crippen LogP contribution in [0.5, 0.6) is 0 Å². The highest BCUT2D eigenvalue weighted by Crippen LogP contribution is 2.22. The van der Waals surface area contributed by atoms with Crippen LogP contribution in [0, 0.1) is 12.4 Å². The van der Waals surface area contributed by atoms with E-state index in [-0.39, 0.29) is 5.82 Å². The number of hydrogen-bond donors (Lipinski definition) is 1. The van der Waals surface area contributed by atoms with Crippen molar-refractivity contribution in [3.05, 3.63) is 53.4 Å². The third-order valence-corrected chi connectivity index (χ3v) is 2.01.